The van der Waals surface area contributed by atoms with Crippen molar-refractivity contribution in [1.82, 2.24) is 20.2 Å². The molecule has 0 spiro atoms. The van der Waals surface area contributed by atoms with Crippen LogP contribution in [-0.2, 0) is 6.54 Å². The fraction of sp³-hybridized carbons (Fsp3) is 0.545. The Balaban J connectivity index is 1.52. The third-order valence-corrected chi connectivity index (χ3v) is 5.20. The maximum absolute atomic E-state index is 11.1. The van der Waals surface area contributed by atoms with Gasteiger partial charge in [0.1, 0.15) is 6.61 Å². The van der Waals surface area contributed by atoms with Crippen LogP contribution in [-0.4, -0.2) is 79.6 Å². The molecule has 0 radical (unpaired) electrons. The van der Waals surface area contributed by atoms with Crippen LogP contribution in [0.5, 0.6) is 11.5 Å². The molecule has 2 heterocycles. The normalized spacial score (nSPS) is 19.2. The number of rotatable bonds is 10. The topological polar surface area (TPSA) is 83.0 Å². The van der Waals surface area contributed by atoms with Crippen LogP contribution in [0.3, 0.4) is 0 Å². The van der Waals surface area contributed by atoms with Gasteiger partial charge in [0.15, 0.2) is 11.5 Å². The fourth-order valence-electron chi connectivity index (χ4n) is 3.60. The van der Waals surface area contributed by atoms with Crippen LogP contribution in [0.4, 0.5) is 5.95 Å². The molecule has 3 rings (SSSR count). The van der Waals surface area contributed by atoms with Gasteiger partial charge in [-0.1, -0.05) is 6.07 Å². The molecule has 8 nitrogen and oxygen atoms in total. The third kappa shape index (κ3) is 6.29. The number of nitrogens with one attached hydrogen (secondary N) is 1. The predicted molar refractivity (Wildman–Crippen MR) is 117 cm³/mol. The molecular weight excluding hydrogens is 382 g/mol. The van der Waals surface area contributed by atoms with E-state index in [1.54, 1.807) is 25.6 Å². The SMILES string of the molecule is COc1cc(CNC[C@@]2(O)CCCN(c3ncccn3)C2)ccc1OCCN(C)C. The molecule has 1 fully saturated rings. The van der Waals surface area contributed by atoms with Crippen LogP contribution in [0, 0.1) is 0 Å². The summed E-state index contributed by atoms with van der Waals surface area (Å²) in [5.41, 5.74) is 0.269. The maximum atomic E-state index is 11.1. The second kappa shape index (κ2) is 10.6. The number of benzene rings is 1. The van der Waals surface area contributed by atoms with Gasteiger partial charge in [0.2, 0.25) is 5.95 Å². The third-order valence-electron chi connectivity index (χ3n) is 5.20. The Bertz CT molecular complexity index is 790. The van der Waals surface area contributed by atoms with Gasteiger partial charge in [-0.25, -0.2) is 9.97 Å². The number of aliphatic hydroxyl groups is 1. The minimum Gasteiger partial charge on any atom is -0.493 e. The van der Waals surface area contributed by atoms with Gasteiger partial charge in [-0.2, -0.15) is 0 Å². The van der Waals surface area contributed by atoms with Gasteiger partial charge in [0.25, 0.3) is 0 Å². The summed E-state index contributed by atoms with van der Waals surface area (Å²) in [5.74, 6) is 2.13. The standard InChI is InChI=1S/C22H33N5O3/c1-26(2)12-13-30-19-7-6-18(14-20(19)29-3)15-23-16-22(28)8-4-11-27(17-22)21-24-9-5-10-25-21/h5-7,9-10,14,23,28H,4,8,11-13,15-17H2,1-3H3/t22-/m0/s1. The molecule has 1 saturated heterocycles. The highest BCUT2D eigenvalue weighted by Gasteiger charge is 2.33. The van der Waals surface area contributed by atoms with Crippen molar-refractivity contribution in [2.75, 3.05) is 58.9 Å². The summed E-state index contributed by atoms with van der Waals surface area (Å²) in [6, 6.07) is 7.74. The van der Waals surface area contributed by atoms with Crippen molar-refractivity contribution in [2.45, 2.75) is 25.0 Å². The minimum atomic E-state index is -0.809. The molecule has 0 amide bonds. The second-order valence-corrected chi connectivity index (χ2v) is 8.04. The number of nitrogens with zero attached hydrogens (tertiary/aromatic N) is 4. The zero-order valence-electron chi connectivity index (χ0n) is 18.2. The first-order chi connectivity index (χ1) is 14.5. The number of ether oxygens (including phenoxy) is 2. The lowest BCUT2D eigenvalue weighted by molar-refractivity contribution is 0.0256. The molecular formula is C22H33N5O3. The lowest BCUT2D eigenvalue weighted by Crippen LogP contribution is -2.53. The Kier molecular flexibility index (Phi) is 7.84. The molecule has 1 aliphatic rings. The summed E-state index contributed by atoms with van der Waals surface area (Å²) in [7, 11) is 5.68. The zero-order chi connectivity index (χ0) is 21.4. The highest BCUT2D eigenvalue weighted by molar-refractivity contribution is 5.43. The summed E-state index contributed by atoms with van der Waals surface area (Å²) in [6.07, 6.45) is 5.12. The van der Waals surface area contributed by atoms with E-state index in [-0.39, 0.29) is 0 Å². The Labute approximate surface area is 178 Å². The van der Waals surface area contributed by atoms with E-state index in [0.29, 0.717) is 32.2 Å². The molecule has 164 valence electrons. The second-order valence-electron chi connectivity index (χ2n) is 8.04. The number of aromatic nitrogens is 2. The Morgan fingerprint density at radius 1 is 1.23 bits per heavy atom. The van der Waals surface area contributed by atoms with Crippen molar-refractivity contribution in [3.05, 3.63) is 42.2 Å². The molecule has 1 atom stereocenters. The smallest absolute Gasteiger partial charge is 0.225 e. The summed E-state index contributed by atoms with van der Waals surface area (Å²) in [4.78, 5) is 12.7. The van der Waals surface area contributed by atoms with E-state index in [1.807, 2.05) is 37.2 Å². The van der Waals surface area contributed by atoms with Crippen molar-refractivity contribution >= 4 is 5.95 Å². The van der Waals surface area contributed by atoms with Crippen molar-refractivity contribution in [1.29, 1.82) is 0 Å². The van der Waals surface area contributed by atoms with Crippen LogP contribution in [0.15, 0.2) is 36.7 Å². The van der Waals surface area contributed by atoms with Crippen molar-refractivity contribution in [2.24, 2.45) is 0 Å². The number of β-amino-alcohol motifs (C(OH)–C–C–N with tert-alkyl or cyclic N) is 1. The van der Waals surface area contributed by atoms with Crippen molar-refractivity contribution < 1.29 is 14.6 Å². The molecule has 30 heavy (non-hydrogen) atoms. The molecule has 2 aromatic rings. The van der Waals surface area contributed by atoms with Gasteiger partial charge in [-0.15, -0.1) is 0 Å². The van der Waals surface area contributed by atoms with Gasteiger partial charge in [-0.05, 0) is 50.7 Å². The Morgan fingerprint density at radius 3 is 2.77 bits per heavy atom. The van der Waals surface area contributed by atoms with Crippen LogP contribution >= 0.6 is 0 Å². The highest BCUT2D eigenvalue weighted by atomic mass is 16.5. The van der Waals surface area contributed by atoms with E-state index in [4.69, 9.17) is 9.47 Å². The van der Waals surface area contributed by atoms with Gasteiger partial charge in [0.05, 0.1) is 19.3 Å². The zero-order valence-corrected chi connectivity index (χ0v) is 18.2. The van der Waals surface area contributed by atoms with Gasteiger partial charge in [-0.3, -0.25) is 0 Å². The lowest BCUT2D eigenvalue weighted by atomic mass is 9.93. The quantitative estimate of drug-likeness (QED) is 0.605. The number of piperidine rings is 1. The van der Waals surface area contributed by atoms with Crippen LogP contribution in [0.25, 0.3) is 0 Å². The number of hydrogen-bond donors (Lipinski definition) is 2. The fourth-order valence-corrected chi connectivity index (χ4v) is 3.60. The molecule has 2 N–H and O–H groups in total. The summed E-state index contributed by atoms with van der Waals surface area (Å²) < 4.78 is 11.3. The van der Waals surface area contributed by atoms with Crippen LogP contribution in [0.1, 0.15) is 18.4 Å². The first kappa shape index (κ1) is 22.3. The molecule has 1 aromatic carbocycles. The van der Waals surface area contributed by atoms with Crippen LogP contribution < -0.4 is 19.7 Å². The number of anilines is 1. The average Bonchev–Trinajstić information content (AvgIpc) is 2.75. The summed E-state index contributed by atoms with van der Waals surface area (Å²) in [6.45, 7) is 3.97. The number of hydrogen-bond acceptors (Lipinski definition) is 8. The minimum absolute atomic E-state index is 0.500. The van der Waals surface area contributed by atoms with Gasteiger partial charge < -0.3 is 29.7 Å². The van der Waals surface area contributed by atoms with Gasteiger partial charge in [0, 0.05) is 38.6 Å². The molecule has 0 bridgehead atoms. The van der Waals surface area contributed by atoms with E-state index in [1.165, 1.54) is 0 Å². The molecule has 0 aliphatic carbocycles. The highest BCUT2D eigenvalue weighted by Crippen LogP contribution is 2.28. The summed E-state index contributed by atoms with van der Waals surface area (Å²) >= 11 is 0. The van der Waals surface area contributed by atoms with Crippen molar-refractivity contribution in [3.63, 3.8) is 0 Å². The van der Waals surface area contributed by atoms with E-state index in [2.05, 4.69) is 20.2 Å². The average molecular weight is 416 g/mol. The first-order valence-corrected chi connectivity index (χ1v) is 10.4. The predicted octanol–water partition coefficient (Wildman–Crippen LogP) is 1.55. The number of likely N-dealkylation sites (N-methyl/N-ethyl adjacent to an activating group) is 1. The Hall–Kier alpha value is -2.42. The van der Waals surface area contributed by atoms with Crippen molar-refractivity contribution in [3.8, 4) is 11.5 Å². The van der Waals surface area contributed by atoms with Crippen LogP contribution in [0.2, 0.25) is 0 Å². The van der Waals surface area contributed by atoms with Gasteiger partial charge >= 0.3 is 0 Å². The van der Waals surface area contributed by atoms with E-state index < -0.39 is 5.60 Å². The Morgan fingerprint density at radius 2 is 2.03 bits per heavy atom. The van der Waals surface area contributed by atoms with E-state index in [0.717, 1.165) is 43.0 Å². The number of methoxy groups -OCH3 is 1. The molecule has 0 unspecified atom stereocenters. The summed E-state index contributed by atoms with van der Waals surface area (Å²) in [5, 5.41) is 14.5. The monoisotopic (exact) mass is 415 g/mol. The largest absolute Gasteiger partial charge is 0.493 e. The molecule has 1 aliphatic heterocycles. The first-order valence-electron chi connectivity index (χ1n) is 10.4. The van der Waals surface area contributed by atoms with E-state index in [9.17, 15) is 5.11 Å². The molecule has 8 heteroatoms. The van der Waals surface area contributed by atoms with E-state index >= 15 is 0 Å². The molecule has 1 aromatic heterocycles. The maximum Gasteiger partial charge on any atom is 0.225 e. The lowest BCUT2D eigenvalue weighted by Gasteiger charge is -2.39. The molecule has 0 saturated carbocycles.